The van der Waals surface area contributed by atoms with E-state index in [-0.39, 0.29) is 5.91 Å². The van der Waals surface area contributed by atoms with Crippen LogP contribution >= 0.6 is 0 Å². The van der Waals surface area contributed by atoms with Crippen molar-refractivity contribution in [1.82, 2.24) is 15.0 Å². The van der Waals surface area contributed by atoms with E-state index in [0.717, 1.165) is 16.7 Å². The number of fused-ring (bicyclic) bond motifs is 1. The van der Waals surface area contributed by atoms with E-state index in [1.165, 1.54) is 6.20 Å². The molecule has 2 aromatic heterocycles. The maximum atomic E-state index is 12.3. The minimum Gasteiger partial charge on any atom is -0.324 e. The fraction of sp³-hybridized carbons (Fsp3) is 0.0714. The number of carbonyl (C=O) groups is 1. The van der Waals surface area contributed by atoms with Crippen LogP contribution in [0.15, 0.2) is 36.5 Å². The van der Waals surface area contributed by atoms with Gasteiger partial charge in [-0.05, 0) is 25.1 Å². The van der Waals surface area contributed by atoms with Gasteiger partial charge in [-0.1, -0.05) is 12.1 Å². The minimum absolute atomic E-state index is 0.338. The van der Waals surface area contributed by atoms with Crippen LogP contribution in [0.5, 0.6) is 0 Å². The second kappa shape index (κ2) is 5.22. The molecule has 0 atom stereocenters. The fourth-order valence-corrected chi connectivity index (χ4v) is 2.05. The van der Waals surface area contributed by atoms with Gasteiger partial charge in [-0.25, -0.2) is 4.98 Å². The van der Waals surface area contributed by atoms with Gasteiger partial charge in [0.1, 0.15) is 0 Å². The Morgan fingerprint density at radius 2 is 2.14 bits per heavy atom. The van der Waals surface area contributed by atoms with Gasteiger partial charge in [0.25, 0.3) is 5.91 Å². The zero-order valence-corrected chi connectivity index (χ0v) is 11.3. The van der Waals surface area contributed by atoms with Gasteiger partial charge in [0, 0.05) is 11.9 Å². The first-order valence-electron chi connectivity index (χ1n) is 6.37. The number of nitrogens with two attached hydrogens (primary N) is 1. The largest absolute Gasteiger partial charge is 0.324 e. The minimum atomic E-state index is -0.338. The highest BCUT2D eigenvalue weighted by molar-refractivity contribution is 6.07. The lowest BCUT2D eigenvalue weighted by atomic mass is 10.2. The summed E-state index contributed by atoms with van der Waals surface area (Å²) in [6.07, 6.45) is 1.47. The van der Waals surface area contributed by atoms with E-state index in [2.05, 4.69) is 25.7 Å². The van der Waals surface area contributed by atoms with Gasteiger partial charge in [-0.3, -0.25) is 20.9 Å². The molecule has 0 spiro atoms. The van der Waals surface area contributed by atoms with Crippen molar-refractivity contribution in [2.75, 3.05) is 10.7 Å². The molecule has 0 saturated carbocycles. The number of aromatic nitrogens is 3. The number of H-pyrrole nitrogens is 1. The number of nitrogen functional groups attached to an aromatic ring is 1. The van der Waals surface area contributed by atoms with E-state index in [4.69, 9.17) is 5.84 Å². The van der Waals surface area contributed by atoms with Crippen molar-refractivity contribution < 1.29 is 4.79 Å². The molecule has 3 rings (SSSR count). The van der Waals surface area contributed by atoms with Crippen LogP contribution in [-0.2, 0) is 0 Å². The Hall–Kier alpha value is -2.93. The number of carbonyl (C=O) groups excluding carboxylic acids is 1. The van der Waals surface area contributed by atoms with Crippen LogP contribution in [0.3, 0.4) is 0 Å². The van der Waals surface area contributed by atoms with E-state index >= 15 is 0 Å². The summed E-state index contributed by atoms with van der Waals surface area (Å²) in [5.74, 6) is 5.47. The lowest BCUT2D eigenvalue weighted by Gasteiger charge is -2.08. The second-order valence-corrected chi connectivity index (χ2v) is 4.57. The summed E-state index contributed by atoms with van der Waals surface area (Å²) in [6.45, 7) is 1.82. The molecule has 5 N–H and O–H groups in total. The zero-order valence-electron chi connectivity index (χ0n) is 11.3. The Kier molecular flexibility index (Phi) is 3.25. The first kappa shape index (κ1) is 13.1. The summed E-state index contributed by atoms with van der Waals surface area (Å²) in [4.78, 5) is 23.7. The number of hydrogen-bond donors (Lipinski definition) is 4. The number of amides is 1. The number of hydrazine groups is 1. The molecule has 7 heteroatoms. The number of nitrogens with one attached hydrogen (secondary N) is 3. The van der Waals surface area contributed by atoms with Crippen LogP contribution in [0.4, 0.5) is 11.6 Å². The lowest BCUT2D eigenvalue weighted by Crippen LogP contribution is -2.18. The molecule has 0 aliphatic heterocycles. The zero-order chi connectivity index (χ0) is 14.8. The summed E-state index contributed by atoms with van der Waals surface area (Å²) in [5.41, 5.74) is 5.76. The van der Waals surface area contributed by atoms with E-state index in [9.17, 15) is 4.79 Å². The summed E-state index contributed by atoms with van der Waals surface area (Å²) >= 11 is 0. The van der Waals surface area contributed by atoms with Crippen molar-refractivity contribution in [3.8, 4) is 0 Å². The average molecular weight is 282 g/mol. The standard InChI is InChI=1S/C14H14N6O/c1-8-6-12(20-15)9(7-16-8)13(21)19-14-17-10-4-2-3-5-11(10)18-14/h2-7H,15H2,1H3,(H,16,20)(H2,17,18,19,21). The molecule has 3 aromatic rings. The summed E-state index contributed by atoms with van der Waals surface area (Å²) in [7, 11) is 0. The number of aryl methyl sites for hydroxylation is 1. The Morgan fingerprint density at radius 1 is 1.33 bits per heavy atom. The molecular formula is C14H14N6O. The molecule has 7 nitrogen and oxygen atoms in total. The van der Waals surface area contributed by atoms with Crippen molar-refractivity contribution in [3.05, 3.63) is 47.8 Å². The highest BCUT2D eigenvalue weighted by atomic mass is 16.1. The Balaban J connectivity index is 1.89. The molecule has 0 bridgehead atoms. The van der Waals surface area contributed by atoms with Crippen LogP contribution in [0.25, 0.3) is 11.0 Å². The highest BCUT2D eigenvalue weighted by Gasteiger charge is 2.14. The molecule has 0 saturated heterocycles. The number of pyridine rings is 1. The molecule has 0 unspecified atom stereocenters. The molecule has 21 heavy (non-hydrogen) atoms. The number of hydrogen-bond acceptors (Lipinski definition) is 5. The maximum absolute atomic E-state index is 12.3. The molecule has 1 aromatic carbocycles. The predicted octanol–water partition coefficient (Wildman–Crippen LogP) is 1.80. The normalized spacial score (nSPS) is 10.6. The van der Waals surface area contributed by atoms with Crippen molar-refractivity contribution in [2.45, 2.75) is 6.92 Å². The van der Waals surface area contributed by atoms with Gasteiger partial charge in [-0.2, -0.15) is 0 Å². The molecule has 0 radical (unpaired) electrons. The van der Waals surface area contributed by atoms with Crippen molar-refractivity contribution >= 4 is 28.6 Å². The van der Waals surface area contributed by atoms with Gasteiger partial charge in [-0.15, -0.1) is 0 Å². The molecule has 0 aliphatic rings. The van der Waals surface area contributed by atoms with Crippen molar-refractivity contribution in [2.24, 2.45) is 5.84 Å². The number of aromatic amines is 1. The van der Waals surface area contributed by atoms with E-state index < -0.39 is 0 Å². The Morgan fingerprint density at radius 3 is 2.90 bits per heavy atom. The van der Waals surface area contributed by atoms with Crippen LogP contribution in [0.1, 0.15) is 16.1 Å². The first-order chi connectivity index (χ1) is 10.2. The third kappa shape index (κ3) is 2.54. The third-order valence-corrected chi connectivity index (χ3v) is 3.06. The molecule has 106 valence electrons. The van der Waals surface area contributed by atoms with Crippen molar-refractivity contribution in [3.63, 3.8) is 0 Å². The molecular weight excluding hydrogens is 268 g/mol. The molecule has 2 heterocycles. The van der Waals surface area contributed by atoms with Crippen molar-refractivity contribution in [1.29, 1.82) is 0 Å². The van der Waals surface area contributed by atoms with Gasteiger partial charge in [0.05, 0.1) is 22.3 Å². The van der Waals surface area contributed by atoms with Crippen LogP contribution in [-0.4, -0.2) is 20.9 Å². The predicted molar refractivity (Wildman–Crippen MR) is 80.8 cm³/mol. The number of nitrogens with zero attached hydrogens (tertiary/aromatic N) is 2. The quantitative estimate of drug-likeness (QED) is 0.432. The number of anilines is 2. The monoisotopic (exact) mass is 282 g/mol. The van der Waals surface area contributed by atoms with E-state index in [1.807, 2.05) is 31.2 Å². The summed E-state index contributed by atoms with van der Waals surface area (Å²) < 4.78 is 0. The van der Waals surface area contributed by atoms with Crippen LogP contribution < -0.4 is 16.6 Å². The van der Waals surface area contributed by atoms with Gasteiger partial charge in [0.2, 0.25) is 5.95 Å². The molecule has 0 aliphatic carbocycles. The number of para-hydroxylation sites is 2. The summed E-state index contributed by atoms with van der Waals surface area (Å²) in [6, 6.07) is 9.23. The topological polar surface area (TPSA) is 109 Å². The SMILES string of the molecule is Cc1cc(NN)c(C(=O)Nc2nc3ccccc3[nH]2)cn1. The number of imidazole rings is 1. The summed E-state index contributed by atoms with van der Waals surface area (Å²) in [5, 5.41) is 2.70. The highest BCUT2D eigenvalue weighted by Crippen LogP contribution is 2.17. The Bertz CT molecular complexity index is 777. The average Bonchev–Trinajstić information content (AvgIpc) is 2.88. The second-order valence-electron chi connectivity index (χ2n) is 4.57. The van der Waals surface area contributed by atoms with E-state index in [0.29, 0.717) is 17.2 Å². The number of rotatable bonds is 3. The van der Waals surface area contributed by atoms with Crippen LogP contribution in [0, 0.1) is 6.92 Å². The first-order valence-corrected chi connectivity index (χ1v) is 6.37. The van der Waals surface area contributed by atoms with E-state index in [1.54, 1.807) is 6.07 Å². The maximum Gasteiger partial charge on any atom is 0.261 e. The number of benzene rings is 1. The molecule has 1 amide bonds. The third-order valence-electron chi connectivity index (χ3n) is 3.06. The molecule has 0 fully saturated rings. The van der Waals surface area contributed by atoms with Gasteiger partial charge >= 0.3 is 0 Å². The Labute approximate surface area is 120 Å². The lowest BCUT2D eigenvalue weighted by molar-refractivity contribution is 0.102. The van der Waals surface area contributed by atoms with Gasteiger partial charge in [0.15, 0.2) is 0 Å². The smallest absolute Gasteiger partial charge is 0.261 e. The van der Waals surface area contributed by atoms with Crippen LogP contribution in [0.2, 0.25) is 0 Å². The van der Waals surface area contributed by atoms with Gasteiger partial charge < -0.3 is 10.4 Å². The fourth-order valence-electron chi connectivity index (χ4n) is 2.05.